The number of benzene rings is 2. The first-order chi connectivity index (χ1) is 14.6. The number of anilines is 1. The fourth-order valence-corrected chi connectivity index (χ4v) is 4.12. The molecule has 2 aromatic carbocycles. The monoisotopic (exact) mass is 420 g/mol. The lowest BCUT2D eigenvalue weighted by atomic mass is 10.1. The molecule has 4 aromatic rings. The Morgan fingerprint density at radius 3 is 2.77 bits per heavy atom. The Morgan fingerprint density at radius 2 is 1.97 bits per heavy atom. The van der Waals surface area contributed by atoms with E-state index in [4.69, 9.17) is 0 Å². The number of nitrogens with one attached hydrogen (secondary N) is 1. The van der Waals surface area contributed by atoms with Crippen molar-refractivity contribution in [2.75, 3.05) is 5.32 Å². The van der Waals surface area contributed by atoms with Gasteiger partial charge in [-0.1, -0.05) is 43.0 Å². The third-order valence-corrected chi connectivity index (χ3v) is 5.76. The molecule has 1 N–H and O–H groups in total. The van der Waals surface area contributed by atoms with Crippen molar-refractivity contribution in [1.29, 1.82) is 0 Å². The van der Waals surface area contributed by atoms with Gasteiger partial charge in [-0.15, -0.1) is 0 Å². The molecular formula is C23H21FN4OS. The molecule has 0 aliphatic carbocycles. The molecule has 2 aromatic heterocycles. The van der Waals surface area contributed by atoms with Crippen molar-refractivity contribution in [2.45, 2.75) is 30.8 Å². The molecule has 0 saturated carbocycles. The average Bonchev–Trinajstić information content (AvgIpc) is 3.11. The van der Waals surface area contributed by atoms with Crippen LogP contribution in [0.15, 0.2) is 72.1 Å². The van der Waals surface area contributed by atoms with Crippen LogP contribution in [-0.4, -0.2) is 20.4 Å². The van der Waals surface area contributed by atoms with Gasteiger partial charge in [0.15, 0.2) is 5.16 Å². The number of pyridine rings is 1. The lowest BCUT2D eigenvalue weighted by Crippen LogP contribution is -2.19. The lowest BCUT2D eigenvalue weighted by Gasteiger charge is -2.10. The van der Waals surface area contributed by atoms with Crippen LogP contribution in [0.3, 0.4) is 0 Å². The average molecular weight is 421 g/mol. The number of imidazole rings is 1. The summed E-state index contributed by atoms with van der Waals surface area (Å²) in [5.41, 5.74) is 4.52. The molecule has 0 bridgehead atoms. The van der Waals surface area contributed by atoms with E-state index in [0.29, 0.717) is 5.75 Å². The molecule has 152 valence electrons. The van der Waals surface area contributed by atoms with Gasteiger partial charge in [0.1, 0.15) is 12.4 Å². The molecular weight excluding hydrogens is 399 g/mol. The van der Waals surface area contributed by atoms with E-state index in [9.17, 15) is 9.18 Å². The number of hydrogen-bond acceptors (Lipinski definition) is 4. The molecule has 0 aliphatic rings. The summed E-state index contributed by atoms with van der Waals surface area (Å²) in [6, 6.07) is 16.1. The Morgan fingerprint density at radius 1 is 1.13 bits per heavy atom. The molecule has 0 unspecified atom stereocenters. The molecule has 30 heavy (non-hydrogen) atoms. The van der Waals surface area contributed by atoms with Crippen LogP contribution in [0.25, 0.3) is 11.0 Å². The van der Waals surface area contributed by atoms with Crippen LogP contribution >= 0.6 is 11.8 Å². The minimum atomic E-state index is -0.258. The third kappa shape index (κ3) is 4.68. The number of carbonyl (C=O) groups excluding carboxylic acids is 1. The summed E-state index contributed by atoms with van der Waals surface area (Å²) in [5.74, 6) is 0.234. The van der Waals surface area contributed by atoms with E-state index < -0.39 is 0 Å². The zero-order valence-corrected chi connectivity index (χ0v) is 17.3. The standard InChI is InChI=1S/C23H21FN4OS/c1-2-16-4-3-5-19(12-16)26-22(29)14-28-21-13-25-11-10-20(21)27-23(28)30-15-17-6-8-18(24)9-7-17/h3-13H,2,14-15H2,1H3,(H,26,29). The minimum absolute atomic E-state index is 0.129. The van der Waals surface area contributed by atoms with Gasteiger partial charge < -0.3 is 9.88 Å². The number of halogens is 1. The second-order valence-corrected chi connectivity index (χ2v) is 7.80. The topological polar surface area (TPSA) is 59.8 Å². The van der Waals surface area contributed by atoms with E-state index in [1.54, 1.807) is 24.5 Å². The van der Waals surface area contributed by atoms with E-state index in [1.807, 2.05) is 34.9 Å². The molecule has 0 spiro atoms. The smallest absolute Gasteiger partial charge is 0.244 e. The van der Waals surface area contributed by atoms with Gasteiger partial charge in [0.25, 0.3) is 0 Å². The van der Waals surface area contributed by atoms with Gasteiger partial charge >= 0.3 is 0 Å². The lowest BCUT2D eigenvalue weighted by molar-refractivity contribution is -0.116. The quantitative estimate of drug-likeness (QED) is 0.425. The van der Waals surface area contributed by atoms with Crippen LogP contribution in [0.4, 0.5) is 10.1 Å². The van der Waals surface area contributed by atoms with Crippen molar-refractivity contribution >= 4 is 34.4 Å². The summed E-state index contributed by atoms with van der Waals surface area (Å²) in [6.45, 7) is 2.21. The number of fused-ring (bicyclic) bond motifs is 1. The highest BCUT2D eigenvalue weighted by molar-refractivity contribution is 7.98. The fourth-order valence-electron chi connectivity index (χ4n) is 3.15. The predicted octanol–water partition coefficient (Wildman–Crippen LogP) is 5.06. The first-order valence-electron chi connectivity index (χ1n) is 9.68. The Labute approximate surface area is 178 Å². The molecule has 7 heteroatoms. The zero-order valence-electron chi connectivity index (χ0n) is 16.5. The molecule has 0 saturated heterocycles. The van der Waals surface area contributed by atoms with Crippen LogP contribution in [0.5, 0.6) is 0 Å². The van der Waals surface area contributed by atoms with E-state index in [0.717, 1.165) is 33.9 Å². The van der Waals surface area contributed by atoms with Gasteiger partial charge in [-0.3, -0.25) is 9.78 Å². The van der Waals surface area contributed by atoms with Gasteiger partial charge in [-0.25, -0.2) is 9.37 Å². The molecule has 2 heterocycles. The number of nitrogens with zero attached hydrogens (tertiary/aromatic N) is 3. The maximum atomic E-state index is 13.1. The van der Waals surface area contributed by atoms with Gasteiger partial charge in [-0.05, 0) is 47.9 Å². The van der Waals surface area contributed by atoms with E-state index in [2.05, 4.69) is 22.2 Å². The summed E-state index contributed by atoms with van der Waals surface area (Å²) in [6.07, 6.45) is 4.31. The minimum Gasteiger partial charge on any atom is -0.325 e. The van der Waals surface area contributed by atoms with Gasteiger partial charge in [0.2, 0.25) is 5.91 Å². The second kappa shape index (κ2) is 9.09. The number of rotatable bonds is 7. The van der Waals surface area contributed by atoms with E-state index in [-0.39, 0.29) is 18.3 Å². The van der Waals surface area contributed by atoms with Crippen LogP contribution < -0.4 is 5.32 Å². The molecule has 0 radical (unpaired) electrons. The molecule has 0 atom stereocenters. The van der Waals surface area contributed by atoms with Crippen molar-refractivity contribution in [1.82, 2.24) is 14.5 Å². The molecule has 0 fully saturated rings. The highest BCUT2D eigenvalue weighted by Crippen LogP contribution is 2.26. The summed E-state index contributed by atoms with van der Waals surface area (Å²) in [5, 5.41) is 3.69. The second-order valence-electron chi connectivity index (χ2n) is 6.86. The number of carbonyl (C=O) groups is 1. The first kappa shape index (κ1) is 20.1. The van der Waals surface area contributed by atoms with Crippen molar-refractivity contribution in [3.05, 3.63) is 83.9 Å². The summed E-state index contributed by atoms with van der Waals surface area (Å²) < 4.78 is 15.0. The van der Waals surface area contributed by atoms with Gasteiger partial charge in [0.05, 0.1) is 17.2 Å². The third-order valence-electron chi connectivity index (χ3n) is 4.72. The van der Waals surface area contributed by atoms with Crippen LogP contribution in [0.1, 0.15) is 18.1 Å². The number of aromatic nitrogens is 3. The highest BCUT2D eigenvalue weighted by Gasteiger charge is 2.15. The van der Waals surface area contributed by atoms with Crippen LogP contribution in [0.2, 0.25) is 0 Å². The van der Waals surface area contributed by atoms with Crippen LogP contribution in [-0.2, 0) is 23.5 Å². The zero-order chi connectivity index (χ0) is 20.9. The first-order valence-corrected chi connectivity index (χ1v) is 10.7. The number of hydrogen-bond donors (Lipinski definition) is 1. The highest BCUT2D eigenvalue weighted by atomic mass is 32.2. The Hall–Kier alpha value is -3.19. The number of thioether (sulfide) groups is 1. The Bertz CT molecular complexity index is 1170. The Kier molecular flexibility index (Phi) is 6.09. The maximum Gasteiger partial charge on any atom is 0.244 e. The van der Waals surface area contributed by atoms with Crippen molar-refractivity contribution in [3.8, 4) is 0 Å². The van der Waals surface area contributed by atoms with E-state index >= 15 is 0 Å². The maximum absolute atomic E-state index is 13.1. The number of amides is 1. The van der Waals surface area contributed by atoms with Crippen molar-refractivity contribution in [3.63, 3.8) is 0 Å². The summed E-state index contributed by atoms with van der Waals surface area (Å²) in [4.78, 5) is 21.6. The molecule has 1 amide bonds. The molecule has 5 nitrogen and oxygen atoms in total. The fraction of sp³-hybridized carbons (Fsp3) is 0.174. The SMILES string of the molecule is CCc1cccc(NC(=O)Cn2c(SCc3ccc(F)cc3)nc3ccncc32)c1. The van der Waals surface area contributed by atoms with Gasteiger partial charge in [0, 0.05) is 17.6 Å². The predicted molar refractivity (Wildman–Crippen MR) is 118 cm³/mol. The number of aryl methyl sites for hydroxylation is 1. The van der Waals surface area contributed by atoms with Crippen LogP contribution in [0, 0.1) is 5.82 Å². The van der Waals surface area contributed by atoms with Gasteiger partial charge in [-0.2, -0.15) is 0 Å². The summed E-state index contributed by atoms with van der Waals surface area (Å²) in [7, 11) is 0. The molecule has 4 rings (SSSR count). The van der Waals surface area contributed by atoms with E-state index in [1.165, 1.54) is 29.5 Å². The summed E-state index contributed by atoms with van der Waals surface area (Å²) >= 11 is 1.51. The van der Waals surface area contributed by atoms with Crippen molar-refractivity contribution in [2.24, 2.45) is 0 Å². The normalized spacial score (nSPS) is 11.0. The Balaban J connectivity index is 1.54. The largest absolute Gasteiger partial charge is 0.325 e. The molecule has 0 aliphatic heterocycles. The van der Waals surface area contributed by atoms with Crippen molar-refractivity contribution < 1.29 is 9.18 Å².